The van der Waals surface area contributed by atoms with Gasteiger partial charge < -0.3 is 4.74 Å². The number of ether oxygens (including phenoxy) is 1. The lowest BCUT2D eigenvalue weighted by atomic mass is 10.0. The third-order valence-corrected chi connectivity index (χ3v) is 6.26. The maximum Gasteiger partial charge on any atom is 0.306 e. The third-order valence-electron chi connectivity index (χ3n) is 6.26. The van der Waals surface area contributed by atoms with E-state index in [-0.39, 0.29) is 5.97 Å². The molecule has 0 aliphatic rings. The lowest BCUT2D eigenvalue weighted by Gasteiger charge is -2.12. The van der Waals surface area contributed by atoms with Crippen LogP contribution in [0, 0.1) is 0 Å². The fraction of sp³-hybridized carbons (Fsp3) is 0.929. The molecule has 184 valence electrons. The zero-order chi connectivity index (χ0) is 22.8. The molecule has 0 radical (unpaired) electrons. The third kappa shape index (κ3) is 23.6. The van der Waals surface area contributed by atoms with Crippen molar-refractivity contribution in [2.24, 2.45) is 0 Å². The van der Waals surface area contributed by atoms with Crippen LogP contribution in [0.25, 0.3) is 0 Å². The summed E-state index contributed by atoms with van der Waals surface area (Å²) in [7, 11) is 0. The van der Waals surface area contributed by atoms with E-state index < -0.39 is 6.10 Å². The van der Waals surface area contributed by atoms with E-state index in [1.165, 1.54) is 109 Å². The van der Waals surface area contributed by atoms with Crippen LogP contribution in [-0.4, -0.2) is 18.4 Å². The van der Waals surface area contributed by atoms with Crippen LogP contribution in [0.1, 0.15) is 162 Å². The van der Waals surface area contributed by atoms with E-state index in [1.54, 1.807) is 0 Å². The molecule has 0 rings (SSSR count). The van der Waals surface area contributed by atoms with E-state index in [9.17, 15) is 9.59 Å². The smallest absolute Gasteiger partial charge is 0.306 e. The summed E-state index contributed by atoms with van der Waals surface area (Å²) in [5.41, 5.74) is 0. The first-order valence-corrected chi connectivity index (χ1v) is 13.9. The van der Waals surface area contributed by atoms with Crippen molar-refractivity contribution in [3.63, 3.8) is 0 Å². The van der Waals surface area contributed by atoms with Crippen molar-refractivity contribution in [1.82, 2.24) is 0 Å². The standard InChI is InChI=1S/C28H54O3/c1-3-5-7-9-11-13-15-17-19-21-23-25-28(30)31-27(26-29)24-22-20-18-16-14-12-10-8-6-4-2/h26-27H,3-25H2,1-2H3. The Morgan fingerprint density at radius 3 is 1.32 bits per heavy atom. The molecule has 3 heteroatoms. The lowest BCUT2D eigenvalue weighted by Crippen LogP contribution is -2.19. The van der Waals surface area contributed by atoms with Gasteiger partial charge in [0.1, 0.15) is 0 Å². The molecule has 0 saturated heterocycles. The molecule has 0 spiro atoms. The van der Waals surface area contributed by atoms with Crippen LogP contribution in [0.2, 0.25) is 0 Å². The summed E-state index contributed by atoms with van der Waals surface area (Å²) in [5.74, 6) is -0.194. The summed E-state index contributed by atoms with van der Waals surface area (Å²) < 4.78 is 5.37. The molecule has 1 unspecified atom stereocenters. The van der Waals surface area contributed by atoms with Gasteiger partial charge in [-0.05, 0) is 19.3 Å². The first-order chi connectivity index (χ1) is 15.2. The van der Waals surface area contributed by atoms with Gasteiger partial charge in [-0.25, -0.2) is 0 Å². The van der Waals surface area contributed by atoms with E-state index in [0.29, 0.717) is 12.8 Å². The van der Waals surface area contributed by atoms with Gasteiger partial charge in [-0.3, -0.25) is 9.59 Å². The van der Waals surface area contributed by atoms with Gasteiger partial charge in [-0.1, -0.05) is 136 Å². The molecule has 0 fully saturated rings. The fourth-order valence-corrected chi connectivity index (χ4v) is 4.15. The van der Waals surface area contributed by atoms with E-state index in [2.05, 4.69) is 13.8 Å². The van der Waals surface area contributed by atoms with Crippen LogP contribution in [0.4, 0.5) is 0 Å². The number of unbranched alkanes of at least 4 members (excludes halogenated alkanes) is 19. The number of carbonyl (C=O) groups is 2. The van der Waals surface area contributed by atoms with Gasteiger partial charge >= 0.3 is 5.97 Å². The zero-order valence-corrected chi connectivity index (χ0v) is 21.1. The second-order valence-corrected chi connectivity index (χ2v) is 9.42. The van der Waals surface area contributed by atoms with Crippen molar-refractivity contribution in [2.75, 3.05) is 0 Å². The molecule has 0 aromatic rings. The highest BCUT2D eigenvalue weighted by molar-refractivity contribution is 5.72. The Hall–Kier alpha value is -0.860. The highest BCUT2D eigenvalue weighted by Crippen LogP contribution is 2.14. The van der Waals surface area contributed by atoms with Crippen LogP contribution < -0.4 is 0 Å². The summed E-state index contributed by atoms with van der Waals surface area (Å²) in [5, 5.41) is 0. The SMILES string of the molecule is CCCCCCCCCCCCCC(=O)OC(C=O)CCCCCCCCCCCC. The molecule has 0 bridgehead atoms. The molecule has 0 heterocycles. The van der Waals surface area contributed by atoms with E-state index in [1.807, 2.05) is 0 Å². The second-order valence-electron chi connectivity index (χ2n) is 9.42. The maximum atomic E-state index is 12.0. The first kappa shape index (κ1) is 30.1. The molecule has 0 aliphatic carbocycles. The van der Waals surface area contributed by atoms with Gasteiger partial charge in [-0.2, -0.15) is 0 Å². The zero-order valence-electron chi connectivity index (χ0n) is 21.1. The van der Waals surface area contributed by atoms with E-state index >= 15 is 0 Å². The van der Waals surface area contributed by atoms with Gasteiger partial charge in [0.2, 0.25) is 0 Å². The average molecular weight is 439 g/mol. The molecule has 0 aromatic carbocycles. The molecule has 0 aromatic heterocycles. The number of carbonyl (C=O) groups excluding carboxylic acids is 2. The summed E-state index contributed by atoms with van der Waals surface area (Å²) >= 11 is 0. The second kappa shape index (κ2) is 25.4. The van der Waals surface area contributed by atoms with Gasteiger partial charge in [0, 0.05) is 6.42 Å². The molecule has 0 saturated carbocycles. The van der Waals surface area contributed by atoms with Crippen molar-refractivity contribution in [1.29, 1.82) is 0 Å². The summed E-state index contributed by atoms with van der Waals surface area (Å²) in [6, 6.07) is 0. The minimum Gasteiger partial charge on any atom is -0.455 e. The predicted molar refractivity (Wildman–Crippen MR) is 133 cm³/mol. The van der Waals surface area contributed by atoms with Crippen molar-refractivity contribution < 1.29 is 14.3 Å². The Morgan fingerprint density at radius 2 is 0.935 bits per heavy atom. The Balaban J connectivity index is 3.45. The molecule has 0 N–H and O–H groups in total. The van der Waals surface area contributed by atoms with Crippen LogP contribution >= 0.6 is 0 Å². The Labute approximate surface area is 194 Å². The van der Waals surface area contributed by atoms with Crippen LogP contribution in [0.3, 0.4) is 0 Å². The fourth-order valence-electron chi connectivity index (χ4n) is 4.15. The minimum absolute atomic E-state index is 0.194. The van der Waals surface area contributed by atoms with E-state index in [4.69, 9.17) is 4.74 Å². The summed E-state index contributed by atoms with van der Waals surface area (Å²) in [4.78, 5) is 23.2. The Bertz CT molecular complexity index is 380. The quantitative estimate of drug-likeness (QED) is 0.0810. The number of esters is 1. The van der Waals surface area contributed by atoms with Gasteiger partial charge in [0.15, 0.2) is 12.4 Å². The minimum atomic E-state index is -0.533. The Morgan fingerprint density at radius 1 is 0.581 bits per heavy atom. The normalized spacial score (nSPS) is 12.1. The van der Waals surface area contributed by atoms with Crippen molar-refractivity contribution in [2.45, 2.75) is 168 Å². The number of hydrogen-bond donors (Lipinski definition) is 0. The highest BCUT2D eigenvalue weighted by atomic mass is 16.5. The summed E-state index contributed by atoms with van der Waals surface area (Å²) in [6.45, 7) is 4.51. The highest BCUT2D eigenvalue weighted by Gasteiger charge is 2.12. The lowest BCUT2D eigenvalue weighted by molar-refractivity contribution is -0.152. The predicted octanol–water partition coefficient (Wildman–Crippen LogP) is 9.11. The van der Waals surface area contributed by atoms with E-state index in [0.717, 1.165) is 32.0 Å². The van der Waals surface area contributed by atoms with Gasteiger partial charge in [0.25, 0.3) is 0 Å². The molecule has 0 aliphatic heterocycles. The molecule has 31 heavy (non-hydrogen) atoms. The van der Waals surface area contributed by atoms with Gasteiger partial charge in [0.05, 0.1) is 0 Å². The van der Waals surface area contributed by atoms with Crippen molar-refractivity contribution in [3.05, 3.63) is 0 Å². The van der Waals surface area contributed by atoms with Crippen molar-refractivity contribution >= 4 is 12.3 Å². The van der Waals surface area contributed by atoms with Gasteiger partial charge in [-0.15, -0.1) is 0 Å². The maximum absolute atomic E-state index is 12.0. The molecule has 1 atom stereocenters. The molecule has 3 nitrogen and oxygen atoms in total. The Kier molecular flexibility index (Phi) is 24.7. The molecular weight excluding hydrogens is 384 g/mol. The molecular formula is C28H54O3. The van der Waals surface area contributed by atoms with Crippen molar-refractivity contribution in [3.8, 4) is 0 Å². The largest absolute Gasteiger partial charge is 0.455 e. The molecule has 0 amide bonds. The number of rotatable bonds is 25. The monoisotopic (exact) mass is 438 g/mol. The van der Waals surface area contributed by atoms with Crippen LogP contribution in [0.5, 0.6) is 0 Å². The summed E-state index contributed by atoms with van der Waals surface area (Å²) in [6.07, 6.45) is 28.1. The average Bonchev–Trinajstić information content (AvgIpc) is 2.77. The van der Waals surface area contributed by atoms with Crippen LogP contribution in [-0.2, 0) is 14.3 Å². The first-order valence-electron chi connectivity index (χ1n) is 13.9. The number of aldehydes is 1. The van der Waals surface area contributed by atoms with Crippen LogP contribution in [0.15, 0.2) is 0 Å². The number of hydrogen-bond acceptors (Lipinski definition) is 3. The topological polar surface area (TPSA) is 43.4 Å².